The Bertz CT molecular complexity index is 504. The summed E-state index contributed by atoms with van der Waals surface area (Å²) in [5, 5.41) is 7.49. The number of nitrogens with zero attached hydrogens (tertiary/aromatic N) is 4. The van der Waals surface area contributed by atoms with Crippen LogP contribution in [-0.2, 0) is 10.2 Å². The lowest BCUT2D eigenvalue weighted by Gasteiger charge is -2.16. The van der Waals surface area contributed by atoms with Gasteiger partial charge in [0.05, 0.1) is 11.4 Å². The maximum absolute atomic E-state index is 11.9. The predicted octanol–water partition coefficient (Wildman–Crippen LogP) is -0.574. The highest BCUT2D eigenvalue weighted by Crippen LogP contribution is 2.06. The highest BCUT2D eigenvalue weighted by atomic mass is 32.2. The summed E-state index contributed by atoms with van der Waals surface area (Å²) in [4.78, 5) is 4.01. The molecular formula is C9H18N6O2S. The Hall–Kier alpha value is -1.32. The molecule has 1 heterocycles. The van der Waals surface area contributed by atoms with Crippen LogP contribution >= 0.6 is 0 Å². The van der Waals surface area contributed by atoms with Gasteiger partial charge in [-0.3, -0.25) is 0 Å². The lowest BCUT2D eigenvalue weighted by atomic mass is 10.4. The smallest absolute Gasteiger partial charge is 0.303 e. The van der Waals surface area contributed by atoms with Gasteiger partial charge in [-0.15, -0.1) is 5.10 Å². The summed E-state index contributed by atoms with van der Waals surface area (Å²) < 4.78 is 27.2. The van der Waals surface area contributed by atoms with E-state index in [0.29, 0.717) is 30.9 Å². The first-order chi connectivity index (χ1) is 8.36. The molecule has 3 N–H and O–H groups in total. The summed E-state index contributed by atoms with van der Waals surface area (Å²) in [6.07, 6.45) is 0.587. The van der Waals surface area contributed by atoms with Gasteiger partial charge >= 0.3 is 10.2 Å². The van der Waals surface area contributed by atoms with Crippen molar-refractivity contribution in [2.45, 2.75) is 20.3 Å². The Morgan fingerprint density at radius 2 is 1.94 bits per heavy atom. The monoisotopic (exact) mass is 274 g/mol. The van der Waals surface area contributed by atoms with Crippen molar-refractivity contribution in [3.05, 3.63) is 11.4 Å². The van der Waals surface area contributed by atoms with Crippen LogP contribution in [0.2, 0.25) is 0 Å². The summed E-state index contributed by atoms with van der Waals surface area (Å²) in [6, 6.07) is 0. The fourth-order valence-electron chi connectivity index (χ4n) is 1.13. The molecule has 0 aliphatic rings. The van der Waals surface area contributed by atoms with Gasteiger partial charge in [-0.1, -0.05) is 0 Å². The lowest BCUT2D eigenvalue weighted by molar-refractivity contribution is 0.468. The molecule has 0 atom stereocenters. The Balaban J connectivity index is 2.78. The van der Waals surface area contributed by atoms with Gasteiger partial charge in [0.2, 0.25) is 0 Å². The number of nitrogens with one attached hydrogen (secondary N) is 1. The van der Waals surface area contributed by atoms with Crippen molar-refractivity contribution >= 4 is 16.2 Å². The van der Waals surface area contributed by atoms with Crippen LogP contribution in [-0.4, -0.2) is 48.0 Å². The third-order valence-corrected chi connectivity index (χ3v) is 3.84. The Labute approximate surface area is 107 Å². The van der Waals surface area contributed by atoms with E-state index < -0.39 is 10.2 Å². The molecule has 0 saturated carbocycles. The zero-order valence-electron chi connectivity index (χ0n) is 10.7. The van der Waals surface area contributed by atoms with Gasteiger partial charge in [-0.2, -0.15) is 17.8 Å². The third kappa shape index (κ3) is 3.86. The van der Waals surface area contributed by atoms with Crippen molar-refractivity contribution in [2.24, 2.45) is 5.73 Å². The van der Waals surface area contributed by atoms with Crippen molar-refractivity contribution in [3.63, 3.8) is 0 Å². The topological polar surface area (TPSA) is 114 Å². The Kier molecular flexibility index (Phi) is 4.93. The average molecular weight is 274 g/mol. The van der Waals surface area contributed by atoms with E-state index in [1.807, 2.05) is 0 Å². The molecule has 0 saturated heterocycles. The molecule has 0 radical (unpaired) electrons. The van der Waals surface area contributed by atoms with Crippen LogP contribution in [0.1, 0.15) is 17.8 Å². The fourth-order valence-corrected chi connectivity index (χ4v) is 1.97. The van der Waals surface area contributed by atoms with Gasteiger partial charge in [0.15, 0.2) is 0 Å². The van der Waals surface area contributed by atoms with Gasteiger partial charge in [-0.25, -0.2) is 9.71 Å². The molecular weight excluding hydrogens is 256 g/mol. The van der Waals surface area contributed by atoms with E-state index in [4.69, 9.17) is 5.73 Å². The minimum atomic E-state index is -3.65. The first-order valence-electron chi connectivity index (χ1n) is 5.49. The molecule has 1 aromatic rings. The van der Waals surface area contributed by atoms with Crippen molar-refractivity contribution in [3.8, 4) is 0 Å². The molecule has 102 valence electrons. The van der Waals surface area contributed by atoms with Crippen LogP contribution in [0.25, 0.3) is 0 Å². The maximum Gasteiger partial charge on any atom is 0.303 e. The maximum atomic E-state index is 11.9. The first kappa shape index (κ1) is 14.7. The minimum Gasteiger partial charge on any atom is -0.330 e. The van der Waals surface area contributed by atoms with Crippen molar-refractivity contribution < 1.29 is 8.42 Å². The molecule has 0 spiro atoms. The van der Waals surface area contributed by atoms with E-state index in [-0.39, 0.29) is 5.95 Å². The molecule has 9 heteroatoms. The van der Waals surface area contributed by atoms with Crippen LogP contribution in [0.4, 0.5) is 5.95 Å². The Morgan fingerprint density at radius 1 is 1.28 bits per heavy atom. The number of aryl methyl sites for hydroxylation is 2. The van der Waals surface area contributed by atoms with Crippen LogP contribution in [0, 0.1) is 13.8 Å². The van der Waals surface area contributed by atoms with E-state index in [2.05, 4.69) is 19.9 Å². The quantitative estimate of drug-likeness (QED) is 0.717. The number of nitrogens with two attached hydrogens (primary N) is 1. The molecule has 0 fully saturated rings. The van der Waals surface area contributed by atoms with E-state index in [1.165, 1.54) is 11.4 Å². The van der Waals surface area contributed by atoms with Crippen molar-refractivity contribution in [1.29, 1.82) is 0 Å². The number of hydrogen-bond donors (Lipinski definition) is 2. The van der Waals surface area contributed by atoms with Crippen molar-refractivity contribution in [1.82, 2.24) is 19.5 Å². The molecule has 1 aromatic heterocycles. The van der Waals surface area contributed by atoms with Crippen LogP contribution in [0.3, 0.4) is 0 Å². The summed E-state index contributed by atoms with van der Waals surface area (Å²) in [6.45, 7) is 4.26. The minimum absolute atomic E-state index is 0.0299. The number of hydrogen-bond acceptors (Lipinski definition) is 6. The molecule has 8 nitrogen and oxygen atoms in total. The lowest BCUT2D eigenvalue weighted by Crippen LogP contribution is -2.34. The van der Waals surface area contributed by atoms with Gasteiger partial charge < -0.3 is 5.73 Å². The zero-order chi connectivity index (χ0) is 13.8. The van der Waals surface area contributed by atoms with Crippen molar-refractivity contribution in [2.75, 3.05) is 24.9 Å². The summed E-state index contributed by atoms with van der Waals surface area (Å²) >= 11 is 0. The second-order valence-electron chi connectivity index (χ2n) is 3.88. The van der Waals surface area contributed by atoms with Crippen LogP contribution < -0.4 is 10.5 Å². The number of anilines is 1. The summed E-state index contributed by atoms with van der Waals surface area (Å²) in [5.74, 6) is -0.0299. The van der Waals surface area contributed by atoms with Crippen LogP contribution in [0.15, 0.2) is 0 Å². The number of rotatable bonds is 6. The molecule has 18 heavy (non-hydrogen) atoms. The van der Waals surface area contributed by atoms with Crippen LogP contribution in [0.5, 0.6) is 0 Å². The van der Waals surface area contributed by atoms with Gasteiger partial charge in [0.25, 0.3) is 5.95 Å². The second kappa shape index (κ2) is 6.03. The molecule has 1 rings (SSSR count). The predicted molar refractivity (Wildman–Crippen MR) is 68.1 cm³/mol. The number of aromatic nitrogens is 3. The molecule has 0 aromatic carbocycles. The summed E-state index contributed by atoms with van der Waals surface area (Å²) in [5.41, 5.74) is 6.63. The molecule has 0 amide bonds. The second-order valence-corrected chi connectivity index (χ2v) is 5.65. The van der Waals surface area contributed by atoms with E-state index in [1.54, 1.807) is 13.8 Å². The standard InChI is InChI=1S/C9H18N6O2S/c1-7-8(2)12-13-9(11-7)14-18(16,17)15(3)6-4-5-10/h4-6,10H2,1-3H3,(H,11,13,14). The molecule has 0 unspecified atom stereocenters. The Morgan fingerprint density at radius 3 is 2.50 bits per heavy atom. The molecule has 0 aliphatic carbocycles. The highest BCUT2D eigenvalue weighted by molar-refractivity contribution is 7.90. The first-order valence-corrected chi connectivity index (χ1v) is 6.93. The van der Waals surface area contributed by atoms with Gasteiger partial charge in [-0.05, 0) is 26.8 Å². The van der Waals surface area contributed by atoms with E-state index >= 15 is 0 Å². The third-order valence-electron chi connectivity index (χ3n) is 2.40. The van der Waals surface area contributed by atoms with Gasteiger partial charge in [0, 0.05) is 13.6 Å². The molecule has 0 aliphatic heterocycles. The summed E-state index contributed by atoms with van der Waals surface area (Å²) in [7, 11) is -2.19. The van der Waals surface area contributed by atoms with E-state index in [0.717, 1.165) is 0 Å². The molecule has 0 bridgehead atoms. The van der Waals surface area contributed by atoms with Gasteiger partial charge in [0.1, 0.15) is 0 Å². The average Bonchev–Trinajstić information content (AvgIpc) is 2.30. The zero-order valence-corrected chi connectivity index (χ0v) is 11.5. The largest absolute Gasteiger partial charge is 0.330 e. The SMILES string of the molecule is Cc1nnc(NS(=O)(=O)N(C)CCCN)nc1C. The normalized spacial score (nSPS) is 11.8. The fraction of sp³-hybridized carbons (Fsp3) is 0.667. The highest BCUT2D eigenvalue weighted by Gasteiger charge is 2.18. The van der Waals surface area contributed by atoms with E-state index in [9.17, 15) is 8.42 Å².